The number of rotatable bonds is 5. The van der Waals surface area contributed by atoms with Crippen LogP contribution in [-0.2, 0) is 9.47 Å². The number of cyclic esters (lactones) is 1. The zero-order valence-electron chi connectivity index (χ0n) is 22.0. The summed E-state index contributed by atoms with van der Waals surface area (Å²) in [4.78, 5) is 28.2. The van der Waals surface area contributed by atoms with Crippen molar-refractivity contribution in [2.45, 2.75) is 51.9 Å². The first-order valence-corrected chi connectivity index (χ1v) is 12.1. The van der Waals surface area contributed by atoms with E-state index in [-0.39, 0.29) is 41.6 Å². The highest BCUT2D eigenvalue weighted by Crippen LogP contribution is 2.40. The van der Waals surface area contributed by atoms with E-state index < -0.39 is 41.4 Å². The SMILES string of the molecule is C=C/C=C(\C=C(/C)c1cc(OC)c(N2C(=O)OCC3CN(C(=O)OC(C)(C)C)CCC32)cc1F)C(F)(F)F. The fourth-order valence-corrected chi connectivity index (χ4v) is 4.54. The van der Waals surface area contributed by atoms with Crippen LogP contribution in [0.25, 0.3) is 5.57 Å². The van der Waals surface area contributed by atoms with Crippen LogP contribution in [0, 0.1) is 11.7 Å². The van der Waals surface area contributed by atoms with Gasteiger partial charge in [-0.05, 0) is 51.8 Å². The second kappa shape index (κ2) is 11.1. The molecule has 11 heteroatoms. The van der Waals surface area contributed by atoms with Gasteiger partial charge in [-0.2, -0.15) is 13.2 Å². The van der Waals surface area contributed by atoms with Gasteiger partial charge in [0, 0.05) is 36.7 Å². The lowest BCUT2D eigenvalue weighted by Crippen LogP contribution is -2.59. The van der Waals surface area contributed by atoms with E-state index in [1.165, 1.54) is 25.0 Å². The second-order valence-corrected chi connectivity index (χ2v) is 10.2. The topological polar surface area (TPSA) is 68.3 Å². The van der Waals surface area contributed by atoms with Crippen LogP contribution in [0.1, 0.15) is 39.7 Å². The number of carbonyl (C=O) groups excluding carboxylic acids is 2. The number of ether oxygens (including phenoxy) is 3. The minimum atomic E-state index is -4.66. The van der Waals surface area contributed by atoms with E-state index in [0.717, 1.165) is 24.3 Å². The number of carbonyl (C=O) groups is 2. The molecule has 1 aromatic rings. The number of hydrogen-bond acceptors (Lipinski definition) is 5. The van der Waals surface area contributed by atoms with Crippen LogP contribution in [0.4, 0.5) is 32.8 Å². The van der Waals surface area contributed by atoms with E-state index in [1.807, 2.05) is 0 Å². The summed E-state index contributed by atoms with van der Waals surface area (Å²) in [6.07, 6.45) is -2.85. The van der Waals surface area contributed by atoms with Crippen molar-refractivity contribution in [1.29, 1.82) is 0 Å². The van der Waals surface area contributed by atoms with E-state index in [1.54, 1.807) is 25.7 Å². The summed E-state index contributed by atoms with van der Waals surface area (Å²) in [5.41, 5.74) is -1.69. The lowest BCUT2D eigenvalue weighted by molar-refractivity contribution is -0.0881. The van der Waals surface area contributed by atoms with Gasteiger partial charge >= 0.3 is 18.4 Å². The van der Waals surface area contributed by atoms with Crippen molar-refractivity contribution in [1.82, 2.24) is 4.90 Å². The van der Waals surface area contributed by atoms with Crippen LogP contribution in [0.5, 0.6) is 5.75 Å². The largest absolute Gasteiger partial charge is 0.495 e. The Hall–Kier alpha value is -3.50. The van der Waals surface area contributed by atoms with E-state index in [0.29, 0.717) is 13.0 Å². The predicted molar refractivity (Wildman–Crippen MR) is 134 cm³/mol. The molecule has 2 amide bonds. The molecule has 2 atom stereocenters. The van der Waals surface area contributed by atoms with Gasteiger partial charge in [0.1, 0.15) is 17.2 Å². The molecule has 3 rings (SSSR count). The number of anilines is 1. The number of alkyl halides is 3. The van der Waals surface area contributed by atoms with Crippen molar-refractivity contribution >= 4 is 23.4 Å². The molecule has 2 saturated heterocycles. The number of benzene rings is 1. The quantitative estimate of drug-likeness (QED) is 0.315. The normalized spacial score (nSPS) is 21.0. The molecule has 0 radical (unpaired) electrons. The minimum Gasteiger partial charge on any atom is -0.495 e. The molecule has 0 aromatic heterocycles. The summed E-state index contributed by atoms with van der Waals surface area (Å²) >= 11 is 0. The first-order valence-electron chi connectivity index (χ1n) is 12.1. The second-order valence-electron chi connectivity index (χ2n) is 10.2. The van der Waals surface area contributed by atoms with Gasteiger partial charge in [0.05, 0.1) is 25.0 Å². The van der Waals surface area contributed by atoms with E-state index in [2.05, 4.69) is 6.58 Å². The number of nitrogens with zero attached hydrogens (tertiary/aromatic N) is 2. The highest BCUT2D eigenvalue weighted by molar-refractivity contribution is 5.92. The number of fused-ring (bicyclic) bond motifs is 1. The maximum atomic E-state index is 15.3. The molecule has 208 valence electrons. The molecule has 2 fully saturated rings. The minimum absolute atomic E-state index is 0.00235. The average molecular weight is 541 g/mol. The predicted octanol–water partition coefficient (Wildman–Crippen LogP) is 6.49. The third-order valence-corrected chi connectivity index (χ3v) is 6.24. The molecule has 7 nitrogen and oxygen atoms in total. The molecule has 2 aliphatic heterocycles. The first kappa shape index (κ1) is 29.1. The number of amides is 2. The smallest absolute Gasteiger partial charge is 0.416 e. The van der Waals surface area contributed by atoms with Crippen LogP contribution in [0.3, 0.4) is 0 Å². The number of likely N-dealkylation sites (tertiary alicyclic amines) is 1. The maximum absolute atomic E-state index is 15.3. The van der Waals surface area contributed by atoms with Crippen LogP contribution in [0.15, 0.2) is 42.5 Å². The van der Waals surface area contributed by atoms with E-state index >= 15 is 4.39 Å². The maximum Gasteiger partial charge on any atom is 0.416 e. The number of halogens is 4. The zero-order chi connectivity index (χ0) is 28.4. The Bertz CT molecular complexity index is 1150. The van der Waals surface area contributed by atoms with Crippen LogP contribution < -0.4 is 9.64 Å². The molecule has 0 N–H and O–H groups in total. The summed E-state index contributed by atoms with van der Waals surface area (Å²) in [6, 6.07) is 1.89. The van der Waals surface area contributed by atoms with Gasteiger partial charge < -0.3 is 19.1 Å². The van der Waals surface area contributed by atoms with E-state index in [9.17, 15) is 22.8 Å². The van der Waals surface area contributed by atoms with E-state index in [4.69, 9.17) is 14.2 Å². The van der Waals surface area contributed by atoms with Crippen molar-refractivity contribution in [3.05, 3.63) is 53.9 Å². The van der Waals surface area contributed by atoms with Crippen LogP contribution in [0.2, 0.25) is 0 Å². The average Bonchev–Trinajstić information content (AvgIpc) is 2.81. The van der Waals surface area contributed by atoms with Crippen molar-refractivity contribution in [3.63, 3.8) is 0 Å². The molecule has 0 bridgehead atoms. The van der Waals surface area contributed by atoms with Gasteiger partial charge in [0.2, 0.25) is 0 Å². The van der Waals surface area contributed by atoms with Gasteiger partial charge in [0.15, 0.2) is 0 Å². The molecule has 1 aromatic carbocycles. The van der Waals surface area contributed by atoms with Gasteiger partial charge in [-0.3, -0.25) is 4.90 Å². The molecule has 0 aliphatic carbocycles. The molecule has 38 heavy (non-hydrogen) atoms. The van der Waals surface area contributed by atoms with Crippen LogP contribution >= 0.6 is 0 Å². The summed E-state index contributed by atoms with van der Waals surface area (Å²) in [5, 5.41) is 0. The standard InChI is InChI=1S/C27H32F4N2O5/c1-7-8-18(27(29,30)31)11-16(2)19-12-23(36-6)22(13-20(19)28)33-21-9-10-32(24(34)38-26(3,4)5)14-17(21)15-37-25(33)35/h7-8,11-13,17,21H,1,9-10,14-15H2,2-6H3/b16-11+,18-8+. The molecule has 0 saturated carbocycles. The van der Waals surface area contributed by atoms with Gasteiger partial charge in [0.25, 0.3) is 0 Å². The number of allylic oxidation sites excluding steroid dienone is 5. The third kappa shape index (κ3) is 6.49. The molecule has 2 aliphatic rings. The molecular weight excluding hydrogens is 508 g/mol. The van der Waals surface area contributed by atoms with Crippen molar-refractivity contribution < 1.29 is 41.4 Å². The summed E-state index contributed by atoms with van der Waals surface area (Å²) < 4.78 is 71.5. The van der Waals surface area contributed by atoms with Crippen molar-refractivity contribution in [2.75, 3.05) is 31.7 Å². The summed E-state index contributed by atoms with van der Waals surface area (Å²) in [7, 11) is 1.32. The highest BCUT2D eigenvalue weighted by Gasteiger charge is 2.44. The number of methoxy groups -OCH3 is 1. The van der Waals surface area contributed by atoms with Gasteiger partial charge in [-0.1, -0.05) is 18.7 Å². The zero-order valence-corrected chi connectivity index (χ0v) is 22.0. The first-order chi connectivity index (χ1) is 17.7. The molecule has 2 unspecified atom stereocenters. The number of piperidine rings is 1. The number of hydrogen-bond donors (Lipinski definition) is 0. The van der Waals surface area contributed by atoms with Crippen molar-refractivity contribution in [3.8, 4) is 5.75 Å². The Kier molecular flexibility index (Phi) is 8.48. The highest BCUT2D eigenvalue weighted by atomic mass is 19.4. The summed E-state index contributed by atoms with van der Waals surface area (Å²) in [6.45, 7) is 10.6. The monoisotopic (exact) mass is 540 g/mol. The Morgan fingerprint density at radius 3 is 2.50 bits per heavy atom. The fourth-order valence-electron chi connectivity index (χ4n) is 4.54. The Balaban J connectivity index is 1.94. The molecule has 2 heterocycles. The molecular formula is C27H32F4N2O5. The van der Waals surface area contributed by atoms with Crippen LogP contribution in [-0.4, -0.2) is 61.7 Å². The Morgan fingerprint density at radius 1 is 1.24 bits per heavy atom. The fraction of sp³-hybridized carbons (Fsp3) is 0.481. The summed E-state index contributed by atoms with van der Waals surface area (Å²) in [5.74, 6) is -1.03. The Morgan fingerprint density at radius 2 is 1.92 bits per heavy atom. The Labute approximate surface area is 219 Å². The third-order valence-electron chi connectivity index (χ3n) is 6.24. The van der Waals surface area contributed by atoms with Gasteiger partial charge in [-0.15, -0.1) is 0 Å². The lowest BCUT2D eigenvalue weighted by Gasteiger charge is -2.46. The van der Waals surface area contributed by atoms with Crippen molar-refractivity contribution in [2.24, 2.45) is 5.92 Å². The lowest BCUT2D eigenvalue weighted by atomic mass is 9.90. The van der Waals surface area contributed by atoms with Gasteiger partial charge in [-0.25, -0.2) is 14.0 Å². The molecule has 0 spiro atoms.